The van der Waals surface area contributed by atoms with Crippen molar-refractivity contribution >= 4 is 27.5 Å². The number of aryl methyl sites for hydroxylation is 1. The molecule has 0 saturated heterocycles. The number of carbonyl (C=O) groups excluding carboxylic acids is 1. The molecule has 0 aliphatic carbocycles. The van der Waals surface area contributed by atoms with Crippen LogP contribution in [0.3, 0.4) is 0 Å². The number of carbonyl (C=O) groups is 1. The van der Waals surface area contributed by atoms with E-state index in [1.165, 1.54) is 23.5 Å². The Morgan fingerprint density at radius 3 is 2.88 bits per heavy atom. The Balaban J connectivity index is 2.06. The zero-order chi connectivity index (χ0) is 17.8. The van der Waals surface area contributed by atoms with E-state index in [9.17, 15) is 9.18 Å². The summed E-state index contributed by atoms with van der Waals surface area (Å²) in [6.07, 6.45) is 0. The van der Waals surface area contributed by atoms with Gasteiger partial charge in [0.25, 0.3) is 5.91 Å². The SMILES string of the molecule is CCOCCn1c(=NC(=O)c2cccc(C)c2)sc2cc(F)ccc21. The summed E-state index contributed by atoms with van der Waals surface area (Å²) in [5.74, 6) is -0.608. The van der Waals surface area contributed by atoms with Crippen LogP contribution in [0.1, 0.15) is 22.8 Å². The lowest BCUT2D eigenvalue weighted by Crippen LogP contribution is -2.19. The van der Waals surface area contributed by atoms with Crippen molar-refractivity contribution in [2.45, 2.75) is 20.4 Å². The van der Waals surface area contributed by atoms with Crippen LogP contribution in [-0.2, 0) is 11.3 Å². The molecule has 0 unspecified atom stereocenters. The molecule has 6 heteroatoms. The van der Waals surface area contributed by atoms with Crippen LogP contribution in [0.25, 0.3) is 10.2 Å². The first-order chi connectivity index (χ1) is 12.1. The first kappa shape index (κ1) is 17.5. The van der Waals surface area contributed by atoms with Crippen molar-refractivity contribution < 1.29 is 13.9 Å². The molecule has 130 valence electrons. The molecule has 0 N–H and O–H groups in total. The fourth-order valence-electron chi connectivity index (χ4n) is 2.58. The molecular formula is C19H19FN2O2S. The third kappa shape index (κ3) is 4.03. The smallest absolute Gasteiger partial charge is 0.279 e. The van der Waals surface area contributed by atoms with Gasteiger partial charge in [0.1, 0.15) is 5.82 Å². The van der Waals surface area contributed by atoms with Crippen LogP contribution in [0.15, 0.2) is 47.5 Å². The molecule has 3 rings (SSSR count). The number of hydrogen-bond donors (Lipinski definition) is 0. The van der Waals surface area contributed by atoms with Crippen molar-refractivity contribution in [2.24, 2.45) is 4.99 Å². The average molecular weight is 358 g/mol. The second kappa shape index (κ2) is 7.72. The van der Waals surface area contributed by atoms with Crippen LogP contribution in [0.4, 0.5) is 4.39 Å². The molecule has 0 spiro atoms. The molecule has 1 heterocycles. The first-order valence-corrected chi connectivity index (χ1v) is 8.92. The van der Waals surface area contributed by atoms with E-state index in [0.29, 0.717) is 30.1 Å². The summed E-state index contributed by atoms with van der Waals surface area (Å²) in [4.78, 5) is 17.3. The van der Waals surface area contributed by atoms with Crippen LogP contribution in [0.2, 0.25) is 0 Å². The summed E-state index contributed by atoms with van der Waals surface area (Å²) < 4.78 is 21.6. The summed E-state index contributed by atoms with van der Waals surface area (Å²) in [7, 11) is 0. The summed E-state index contributed by atoms with van der Waals surface area (Å²) in [6, 6.07) is 11.9. The number of ether oxygens (including phenoxy) is 1. The maximum Gasteiger partial charge on any atom is 0.279 e. The highest BCUT2D eigenvalue weighted by Gasteiger charge is 2.10. The maximum atomic E-state index is 13.5. The summed E-state index contributed by atoms with van der Waals surface area (Å²) in [5, 5.41) is 0. The van der Waals surface area contributed by atoms with Gasteiger partial charge in [-0.3, -0.25) is 4.79 Å². The van der Waals surface area contributed by atoms with Crippen molar-refractivity contribution in [2.75, 3.05) is 13.2 Å². The Morgan fingerprint density at radius 2 is 2.12 bits per heavy atom. The van der Waals surface area contributed by atoms with Gasteiger partial charge >= 0.3 is 0 Å². The van der Waals surface area contributed by atoms with Crippen LogP contribution in [-0.4, -0.2) is 23.7 Å². The fourth-order valence-corrected chi connectivity index (χ4v) is 3.66. The minimum atomic E-state index is -0.305. The number of hydrogen-bond acceptors (Lipinski definition) is 3. The number of aromatic nitrogens is 1. The molecule has 0 atom stereocenters. The molecule has 2 aromatic carbocycles. The van der Waals surface area contributed by atoms with E-state index in [0.717, 1.165) is 15.8 Å². The third-order valence-corrected chi connectivity index (χ3v) is 4.81. The molecule has 0 radical (unpaired) electrons. The second-order valence-electron chi connectivity index (χ2n) is 5.63. The molecule has 4 nitrogen and oxygen atoms in total. The second-order valence-corrected chi connectivity index (χ2v) is 6.64. The highest BCUT2D eigenvalue weighted by Crippen LogP contribution is 2.19. The van der Waals surface area contributed by atoms with Gasteiger partial charge in [0, 0.05) is 18.7 Å². The molecule has 0 bridgehead atoms. The van der Waals surface area contributed by atoms with Crippen molar-refractivity contribution in [1.29, 1.82) is 0 Å². The highest BCUT2D eigenvalue weighted by molar-refractivity contribution is 7.16. The summed E-state index contributed by atoms with van der Waals surface area (Å²) >= 11 is 1.30. The van der Waals surface area contributed by atoms with Gasteiger partial charge in [-0.1, -0.05) is 29.0 Å². The molecule has 25 heavy (non-hydrogen) atoms. The highest BCUT2D eigenvalue weighted by atomic mass is 32.1. The van der Waals surface area contributed by atoms with E-state index in [1.54, 1.807) is 12.1 Å². The van der Waals surface area contributed by atoms with Gasteiger partial charge in [0.15, 0.2) is 4.80 Å². The van der Waals surface area contributed by atoms with Crippen molar-refractivity contribution in [3.63, 3.8) is 0 Å². The van der Waals surface area contributed by atoms with Gasteiger partial charge in [-0.25, -0.2) is 4.39 Å². The summed E-state index contributed by atoms with van der Waals surface area (Å²) in [6.45, 7) is 5.54. The number of nitrogens with zero attached hydrogens (tertiary/aromatic N) is 2. The molecular weight excluding hydrogens is 339 g/mol. The average Bonchev–Trinajstić information content (AvgIpc) is 2.91. The van der Waals surface area contributed by atoms with Gasteiger partial charge in [0.05, 0.1) is 16.8 Å². The monoisotopic (exact) mass is 358 g/mol. The van der Waals surface area contributed by atoms with Crippen LogP contribution in [0, 0.1) is 12.7 Å². The molecule has 0 aliphatic heterocycles. The predicted octanol–water partition coefficient (Wildman–Crippen LogP) is 3.93. The van der Waals surface area contributed by atoms with Crippen LogP contribution in [0.5, 0.6) is 0 Å². The van der Waals surface area contributed by atoms with Gasteiger partial charge in [-0.2, -0.15) is 4.99 Å². The van der Waals surface area contributed by atoms with Gasteiger partial charge < -0.3 is 9.30 Å². The van der Waals surface area contributed by atoms with Crippen LogP contribution >= 0.6 is 11.3 Å². The first-order valence-electron chi connectivity index (χ1n) is 8.11. The Hall–Kier alpha value is -2.31. The van der Waals surface area contributed by atoms with Crippen molar-refractivity contribution in [3.8, 4) is 0 Å². The number of thiazole rings is 1. The van der Waals surface area contributed by atoms with E-state index in [2.05, 4.69) is 4.99 Å². The zero-order valence-corrected chi connectivity index (χ0v) is 15.0. The number of halogens is 1. The molecule has 1 amide bonds. The van der Waals surface area contributed by atoms with Gasteiger partial charge in [-0.05, 0) is 44.2 Å². The minimum Gasteiger partial charge on any atom is -0.380 e. The molecule has 0 saturated carbocycles. The van der Waals surface area contributed by atoms with Gasteiger partial charge in [0.2, 0.25) is 0 Å². The number of amides is 1. The van der Waals surface area contributed by atoms with E-state index in [4.69, 9.17) is 4.74 Å². The van der Waals surface area contributed by atoms with E-state index in [-0.39, 0.29) is 11.7 Å². The standard InChI is InChI=1S/C19H19FN2O2S/c1-3-24-10-9-22-16-8-7-15(20)12-17(16)25-19(22)21-18(23)14-6-4-5-13(2)11-14/h4-8,11-12H,3,9-10H2,1-2H3. The van der Waals surface area contributed by atoms with E-state index in [1.807, 2.05) is 36.6 Å². The normalized spacial score (nSPS) is 12.0. The van der Waals surface area contributed by atoms with Crippen LogP contribution < -0.4 is 4.80 Å². The topological polar surface area (TPSA) is 43.6 Å². The van der Waals surface area contributed by atoms with Gasteiger partial charge in [-0.15, -0.1) is 0 Å². The Bertz CT molecular complexity index is 975. The third-order valence-electron chi connectivity index (χ3n) is 3.77. The number of rotatable bonds is 5. The van der Waals surface area contributed by atoms with Crippen molar-refractivity contribution in [3.05, 3.63) is 64.2 Å². The molecule has 0 aliphatic rings. The lowest BCUT2D eigenvalue weighted by Gasteiger charge is -2.05. The Morgan fingerprint density at radius 1 is 1.28 bits per heavy atom. The Labute approximate surface area is 149 Å². The minimum absolute atomic E-state index is 0.303. The number of benzene rings is 2. The van der Waals surface area contributed by atoms with Crippen molar-refractivity contribution in [1.82, 2.24) is 4.57 Å². The molecule has 3 aromatic rings. The quantitative estimate of drug-likeness (QED) is 0.649. The zero-order valence-electron chi connectivity index (χ0n) is 14.2. The lowest BCUT2D eigenvalue weighted by atomic mass is 10.1. The maximum absolute atomic E-state index is 13.5. The molecule has 1 aromatic heterocycles. The molecule has 0 fully saturated rings. The number of fused-ring (bicyclic) bond motifs is 1. The lowest BCUT2D eigenvalue weighted by molar-refractivity contribution is 0.0996. The van der Waals surface area contributed by atoms with E-state index >= 15 is 0 Å². The van der Waals surface area contributed by atoms with E-state index < -0.39 is 0 Å². The fraction of sp³-hybridized carbons (Fsp3) is 0.263. The summed E-state index contributed by atoms with van der Waals surface area (Å²) in [5.41, 5.74) is 2.39. The predicted molar refractivity (Wildman–Crippen MR) is 97.3 cm³/mol. The largest absolute Gasteiger partial charge is 0.380 e. The Kier molecular flexibility index (Phi) is 5.40.